The maximum Gasteiger partial charge on any atom is 0.240 e. The predicted octanol–water partition coefficient (Wildman–Crippen LogP) is 1.71. The molecule has 1 aliphatic rings. The minimum absolute atomic E-state index is 0.0199. The molecule has 0 radical (unpaired) electrons. The third-order valence-electron chi connectivity index (χ3n) is 3.59. The van der Waals surface area contributed by atoms with Crippen molar-refractivity contribution in [2.24, 2.45) is 5.73 Å². The van der Waals surface area contributed by atoms with E-state index < -0.39 is 6.04 Å². The Kier molecular flexibility index (Phi) is 4.56. The number of nitrogens with zero attached hydrogens (tertiary/aromatic N) is 1. The summed E-state index contributed by atoms with van der Waals surface area (Å²) in [5, 5.41) is 0. The van der Waals surface area contributed by atoms with E-state index in [1.54, 1.807) is 0 Å². The second kappa shape index (κ2) is 6.17. The zero-order valence-electron chi connectivity index (χ0n) is 11.6. The number of nitrogens with two attached hydrogens (primary N) is 1. The zero-order chi connectivity index (χ0) is 13.8. The summed E-state index contributed by atoms with van der Waals surface area (Å²) in [6.07, 6.45) is 0.722. The maximum atomic E-state index is 12.4. The largest absolute Gasteiger partial charge is 0.374 e. The van der Waals surface area contributed by atoms with Crippen molar-refractivity contribution in [1.82, 2.24) is 4.90 Å². The average molecular weight is 262 g/mol. The molecule has 0 bridgehead atoms. The molecule has 4 heteroatoms. The van der Waals surface area contributed by atoms with Crippen molar-refractivity contribution in [3.05, 3.63) is 35.9 Å². The van der Waals surface area contributed by atoms with E-state index in [-0.39, 0.29) is 18.1 Å². The van der Waals surface area contributed by atoms with Crippen molar-refractivity contribution in [2.75, 3.05) is 13.2 Å². The third-order valence-corrected chi connectivity index (χ3v) is 3.59. The Morgan fingerprint density at radius 1 is 1.47 bits per heavy atom. The Morgan fingerprint density at radius 2 is 2.16 bits per heavy atom. The minimum Gasteiger partial charge on any atom is -0.374 e. The quantitative estimate of drug-likeness (QED) is 0.902. The van der Waals surface area contributed by atoms with Crippen molar-refractivity contribution in [1.29, 1.82) is 0 Å². The van der Waals surface area contributed by atoms with Gasteiger partial charge in [0.05, 0.1) is 24.8 Å². The van der Waals surface area contributed by atoms with Crippen LogP contribution < -0.4 is 5.73 Å². The number of hydrogen-bond acceptors (Lipinski definition) is 3. The van der Waals surface area contributed by atoms with Gasteiger partial charge in [-0.1, -0.05) is 37.3 Å². The van der Waals surface area contributed by atoms with Crippen LogP contribution >= 0.6 is 0 Å². The van der Waals surface area contributed by atoms with E-state index in [0.717, 1.165) is 5.56 Å². The van der Waals surface area contributed by atoms with Crippen LogP contribution in [-0.2, 0) is 9.53 Å². The van der Waals surface area contributed by atoms with Crippen molar-refractivity contribution in [3.8, 4) is 0 Å². The summed E-state index contributed by atoms with van der Waals surface area (Å²) in [6.45, 7) is 5.06. The molecule has 0 saturated carbocycles. The Balaban J connectivity index is 2.22. The summed E-state index contributed by atoms with van der Waals surface area (Å²) in [6, 6.07) is 9.55. The van der Waals surface area contributed by atoms with Gasteiger partial charge in [0.15, 0.2) is 0 Å². The SMILES string of the molecule is CC[C@H](N)C(=O)N1C[C@@H](C)OC[C@@H]1c1ccccc1. The van der Waals surface area contributed by atoms with Crippen molar-refractivity contribution >= 4 is 5.91 Å². The second-order valence-electron chi connectivity index (χ2n) is 5.08. The lowest BCUT2D eigenvalue weighted by atomic mass is 10.0. The molecular weight excluding hydrogens is 240 g/mol. The minimum atomic E-state index is -0.420. The van der Waals surface area contributed by atoms with Gasteiger partial charge in [-0.05, 0) is 18.9 Å². The summed E-state index contributed by atoms with van der Waals surface area (Å²) in [7, 11) is 0. The Hall–Kier alpha value is -1.39. The third kappa shape index (κ3) is 3.14. The lowest BCUT2D eigenvalue weighted by Gasteiger charge is -2.40. The first-order valence-corrected chi connectivity index (χ1v) is 6.86. The van der Waals surface area contributed by atoms with Crippen molar-refractivity contribution < 1.29 is 9.53 Å². The van der Waals surface area contributed by atoms with Gasteiger partial charge in [0.25, 0.3) is 0 Å². The zero-order valence-corrected chi connectivity index (χ0v) is 11.6. The van der Waals surface area contributed by atoms with Crippen LogP contribution in [0.1, 0.15) is 31.9 Å². The van der Waals surface area contributed by atoms with E-state index in [2.05, 4.69) is 0 Å². The number of morpholine rings is 1. The van der Waals surface area contributed by atoms with Crippen molar-refractivity contribution in [3.63, 3.8) is 0 Å². The van der Waals surface area contributed by atoms with E-state index in [9.17, 15) is 4.79 Å². The van der Waals surface area contributed by atoms with E-state index >= 15 is 0 Å². The molecule has 1 fully saturated rings. The highest BCUT2D eigenvalue weighted by Crippen LogP contribution is 2.26. The molecule has 19 heavy (non-hydrogen) atoms. The molecule has 1 aromatic rings. The Morgan fingerprint density at radius 3 is 2.79 bits per heavy atom. The fourth-order valence-corrected chi connectivity index (χ4v) is 2.38. The first kappa shape index (κ1) is 14.0. The summed E-state index contributed by atoms with van der Waals surface area (Å²) < 4.78 is 5.70. The van der Waals surface area contributed by atoms with Gasteiger partial charge in [0.2, 0.25) is 5.91 Å². The lowest BCUT2D eigenvalue weighted by Crippen LogP contribution is -2.52. The molecular formula is C15H22N2O2. The fourth-order valence-electron chi connectivity index (χ4n) is 2.38. The smallest absolute Gasteiger partial charge is 0.240 e. The molecule has 0 aliphatic carbocycles. The Bertz CT molecular complexity index is 421. The van der Waals surface area contributed by atoms with Gasteiger partial charge in [0, 0.05) is 6.54 Å². The highest BCUT2D eigenvalue weighted by Gasteiger charge is 2.33. The molecule has 1 aliphatic heterocycles. The lowest BCUT2D eigenvalue weighted by molar-refractivity contribution is -0.146. The summed E-state index contributed by atoms with van der Waals surface area (Å²) in [5.74, 6) is 0.0199. The van der Waals surface area contributed by atoms with Gasteiger partial charge in [0.1, 0.15) is 0 Å². The Labute approximate surface area is 114 Å². The van der Waals surface area contributed by atoms with Crippen LogP contribution in [0.25, 0.3) is 0 Å². The maximum absolute atomic E-state index is 12.4. The van der Waals surface area contributed by atoms with Crippen LogP contribution in [0.15, 0.2) is 30.3 Å². The number of rotatable bonds is 3. The number of benzene rings is 1. The van der Waals surface area contributed by atoms with Crippen LogP contribution in [0.5, 0.6) is 0 Å². The van der Waals surface area contributed by atoms with E-state index in [1.807, 2.05) is 49.1 Å². The molecule has 1 heterocycles. The van der Waals surface area contributed by atoms with Crippen LogP contribution in [0.2, 0.25) is 0 Å². The van der Waals surface area contributed by atoms with Gasteiger partial charge in [-0.2, -0.15) is 0 Å². The van der Waals surface area contributed by atoms with Gasteiger partial charge in [-0.15, -0.1) is 0 Å². The summed E-state index contributed by atoms with van der Waals surface area (Å²) in [4.78, 5) is 14.3. The molecule has 4 nitrogen and oxygen atoms in total. The summed E-state index contributed by atoms with van der Waals surface area (Å²) >= 11 is 0. The second-order valence-corrected chi connectivity index (χ2v) is 5.08. The van der Waals surface area contributed by atoms with Crippen molar-refractivity contribution in [2.45, 2.75) is 38.5 Å². The molecule has 2 rings (SSSR count). The first-order chi connectivity index (χ1) is 9.13. The average Bonchev–Trinajstić information content (AvgIpc) is 2.46. The molecule has 1 saturated heterocycles. The summed E-state index contributed by atoms with van der Waals surface area (Å²) in [5.41, 5.74) is 7.00. The standard InChI is InChI=1S/C15H22N2O2/c1-3-13(16)15(18)17-9-11(2)19-10-14(17)12-7-5-4-6-8-12/h4-8,11,13-14H,3,9-10,16H2,1-2H3/t11-,13+,14-/m1/s1. The molecule has 0 unspecified atom stereocenters. The monoisotopic (exact) mass is 262 g/mol. The highest BCUT2D eigenvalue weighted by atomic mass is 16.5. The van der Waals surface area contributed by atoms with Gasteiger partial charge < -0.3 is 15.4 Å². The van der Waals surface area contributed by atoms with Crippen LogP contribution in [0.4, 0.5) is 0 Å². The van der Waals surface area contributed by atoms with Gasteiger partial charge >= 0.3 is 0 Å². The molecule has 2 N–H and O–H groups in total. The van der Waals surface area contributed by atoms with E-state index in [1.165, 1.54) is 0 Å². The number of carbonyl (C=O) groups is 1. The van der Waals surface area contributed by atoms with Crippen LogP contribution in [0.3, 0.4) is 0 Å². The highest BCUT2D eigenvalue weighted by molar-refractivity contribution is 5.82. The molecule has 0 spiro atoms. The molecule has 104 valence electrons. The van der Waals surface area contributed by atoms with Gasteiger partial charge in [-0.3, -0.25) is 4.79 Å². The fraction of sp³-hybridized carbons (Fsp3) is 0.533. The number of hydrogen-bond donors (Lipinski definition) is 1. The number of ether oxygens (including phenoxy) is 1. The predicted molar refractivity (Wildman–Crippen MR) is 74.6 cm³/mol. The number of amides is 1. The molecule has 1 aromatic carbocycles. The molecule has 3 atom stereocenters. The molecule has 1 amide bonds. The first-order valence-electron chi connectivity index (χ1n) is 6.86. The number of carbonyl (C=O) groups excluding carboxylic acids is 1. The van der Waals surface area contributed by atoms with Gasteiger partial charge in [-0.25, -0.2) is 0 Å². The normalized spacial score (nSPS) is 25.1. The van der Waals surface area contributed by atoms with Crippen LogP contribution in [0, 0.1) is 0 Å². The van der Waals surface area contributed by atoms with E-state index in [4.69, 9.17) is 10.5 Å². The van der Waals surface area contributed by atoms with Crippen LogP contribution in [-0.4, -0.2) is 36.1 Å². The molecule has 0 aromatic heterocycles. The topological polar surface area (TPSA) is 55.6 Å². The van der Waals surface area contributed by atoms with E-state index in [0.29, 0.717) is 19.6 Å².